The zero-order valence-electron chi connectivity index (χ0n) is 11.3. The molecule has 0 aliphatic heterocycles. The van der Waals surface area contributed by atoms with Gasteiger partial charge in [0.25, 0.3) is 0 Å². The van der Waals surface area contributed by atoms with Crippen molar-refractivity contribution in [2.45, 2.75) is 13.2 Å². The first kappa shape index (κ1) is 17.1. The van der Waals surface area contributed by atoms with Gasteiger partial charge >= 0.3 is 6.09 Å². The van der Waals surface area contributed by atoms with E-state index in [-0.39, 0.29) is 26.3 Å². The molecule has 108 valence electrons. The fraction of sp³-hybridized carbons (Fsp3) is 0.909. The van der Waals surface area contributed by atoms with E-state index >= 15 is 0 Å². The highest BCUT2D eigenvalue weighted by Gasteiger charge is 2.14. The lowest BCUT2D eigenvalue weighted by atomic mass is 10.5. The number of aliphatic hydroxyl groups excluding tert-OH is 2. The SMILES string of the molecule is CC(O)OCCN(CCO)C(=O)OCCN(C)C. The van der Waals surface area contributed by atoms with Gasteiger partial charge in [-0.1, -0.05) is 0 Å². The Morgan fingerprint density at radius 2 is 1.89 bits per heavy atom. The summed E-state index contributed by atoms with van der Waals surface area (Å²) >= 11 is 0. The molecule has 2 N–H and O–H groups in total. The van der Waals surface area contributed by atoms with Crippen LogP contribution in [0, 0.1) is 0 Å². The minimum Gasteiger partial charge on any atom is -0.448 e. The third kappa shape index (κ3) is 9.17. The second kappa shape index (κ2) is 10.1. The van der Waals surface area contributed by atoms with E-state index in [2.05, 4.69) is 0 Å². The van der Waals surface area contributed by atoms with Crippen LogP contribution in [0.3, 0.4) is 0 Å². The van der Waals surface area contributed by atoms with Crippen LogP contribution in [0.25, 0.3) is 0 Å². The van der Waals surface area contributed by atoms with E-state index in [1.807, 2.05) is 19.0 Å². The van der Waals surface area contributed by atoms with E-state index in [9.17, 15) is 4.79 Å². The monoisotopic (exact) mass is 264 g/mol. The summed E-state index contributed by atoms with van der Waals surface area (Å²) in [4.78, 5) is 14.9. The molecule has 0 spiro atoms. The van der Waals surface area contributed by atoms with Crippen molar-refractivity contribution in [2.24, 2.45) is 0 Å². The van der Waals surface area contributed by atoms with E-state index in [4.69, 9.17) is 19.7 Å². The summed E-state index contributed by atoms with van der Waals surface area (Å²) in [5.74, 6) is 0. The minimum absolute atomic E-state index is 0.141. The molecule has 7 heteroatoms. The standard InChI is InChI=1S/C11H24N2O5/c1-10(15)17-9-6-13(4-7-14)11(16)18-8-5-12(2)3/h10,14-15H,4-9H2,1-3H3. The summed E-state index contributed by atoms with van der Waals surface area (Å²) in [6, 6.07) is 0. The highest BCUT2D eigenvalue weighted by atomic mass is 16.6. The molecule has 0 aromatic rings. The molecule has 0 aliphatic carbocycles. The summed E-state index contributed by atoms with van der Waals surface area (Å²) in [5, 5.41) is 17.8. The zero-order valence-corrected chi connectivity index (χ0v) is 11.3. The first-order chi connectivity index (χ1) is 8.47. The van der Waals surface area contributed by atoms with Crippen LogP contribution in [-0.2, 0) is 9.47 Å². The maximum Gasteiger partial charge on any atom is 0.409 e. The van der Waals surface area contributed by atoms with E-state index in [0.717, 1.165) is 0 Å². The lowest BCUT2D eigenvalue weighted by Gasteiger charge is -2.22. The fourth-order valence-corrected chi connectivity index (χ4v) is 1.16. The summed E-state index contributed by atoms with van der Waals surface area (Å²) in [6.45, 7) is 2.94. The average molecular weight is 264 g/mol. The van der Waals surface area contributed by atoms with Crippen molar-refractivity contribution in [3.8, 4) is 0 Å². The number of amides is 1. The quantitative estimate of drug-likeness (QED) is 0.538. The van der Waals surface area contributed by atoms with Gasteiger partial charge in [-0.05, 0) is 21.0 Å². The molecule has 0 bridgehead atoms. The largest absolute Gasteiger partial charge is 0.448 e. The molecule has 0 saturated heterocycles. The van der Waals surface area contributed by atoms with Gasteiger partial charge in [0, 0.05) is 19.6 Å². The number of carbonyl (C=O) groups is 1. The van der Waals surface area contributed by atoms with Gasteiger partial charge in [0.15, 0.2) is 6.29 Å². The molecule has 0 radical (unpaired) electrons. The third-order valence-electron chi connectivity index (χ3n) is 2.11. The third-order valence-corrected chi connectivity index (χ3v) is 2.11. The highest BCUT2D eigenvalue weighted by molar-refractivity contribution is 5.67. The number of rotatable bonds is 9. The fourth-order valence-electron chi connectivity index (χ4n) is 1.16. The number of likely N-dealkylation sites (N-methyl/N-ethyl adjacent to an activating group) is 1. The Morgan fingerprint density at radius 1 is 1.22 bits per heavy atom. The van der Waals surface area contributed by atoms with Crippen molar-refractivity contribution in [2.75, 3.05) is 53.6 Å². The van der Waals surface area contributed by atoms with E-state index in [0.29, 0.717) is 13.2 Å². The molecule has 1 atom stereocenters. The summed E-state index contributed by atoms with van der Waals surface area (Å²) in [6.07, 6.45) is -1.36. The Bertz CT molecular complexity index is 223. The molecule has 18 heavy (non-hydrogen) atoms. The Labute approximate surface area is 108 Å². The first-order valence-electron chi connectivity index (χ1n) is 5.94. The minimum atomic E-state index is -0.870. The summed E-state index contributed by atoms with van der Waals surface area (Å²) in [5.41, 5.74) is 0. The zero-order chi connectivity index (χ0) is 14.0. The lowest BCUT2D eigenvalue weighted by Crippen LogP contribution is -2.38. The molecule has 0 aliphatic rings. The Morgan fingerprint density at radius 3 is 2.39 bits per heavy atom. The molecule has 0 fully saturated rings. The number of hydrogen-bond donors (Lipinski definition) is 2. The Balaban J connectivity index is 3.94. The van der Waals surface area contributed by atoms with Crippen molar-refractivity contribution in [1.82, 2.24) is 9.80 Å². The van der Waals surface area contributed by atoms with E-state index in [1.54, 1.807) is 0 Å². The van der Waals surface area contributed by atoms with Gasteiger partial charge in [-0.15, -0.1) is 0 Å². The van der Waals surface area contributed by atoms with Crippen LogP contribution >= 0.6 is 0 Å². The Kier molecular flexibility index (Phi) is 9.57. The van der Waals surface area contributed by atoms with Crippen molar-refractivity contribution in [1.29, 1.82) is 0 Å². The molecule has 0 saturated carbocycles. The second-order valence-corrected chi connectivity index (χ2v) is 4.10. The topological polar surface area (TPSA) is 82.5 Å². The number of hydrogen-bond acceptors (Lipinski definition) is 6. The van der Waals surface area contributed by atoms with Gasteiger partial charge in [-0.3, -0.25) is 0 Å². The maximum absolute atomic E-state index is 11.6. The molecule has 0 rings (SSSR count). The summed E-state index contributed by atoms with van der Waals surface area (Å²) < 4.78 is 9.97. The number of carbonyl (C=O) groups excluding carboxylic acids is 1. The van der Waals surface area contributed by atoms with Crippen molar-refractivity contribution in [3.05, 3.63) is 0 Å². The second-order valence-electron chi connectivity index (χ2n) is 4.10. The predicted molar refractivity (Wildman–Crippen MR) is 66.2 cm³/mol. The van der Waals surface area contributed by atoms with Crippen LogP contribution in [0.5, 0.6) is 0 Å². The van der Waals surface area contributed by atoms with Gasteiger partial charge in [-0.25, -0.2) is 4.79 Å². The Hall–Kier alpha value is -0.890. The molecule has 0 heterocycles. The molecular weight excluding hydrogens is 240 g/mol. The molecule has 1 unspecified atom stereocenters. The van der Waals surface area contributed by atoms with E-state index < -0.39 is 12.4 Å². The lowest BCUT2D eigenvalue weighted by molar-refractivity contribution is -0.0889. The van der Waals surface area contributed by atoms with Gasteiger partial charge in [-0.2, -0.15) is 0 Å². The van der Waals surface area contributed by atoms with Crippen molar-refractivity contribution >= 4 is 6.09 Å². The predicted octanol–water partition coefficient (Wildman–Crippen LogP) is -0.666. The van der Waals surface area contributed by atoms with Gasteiger partial charge in [0.1, 0.15) is 6.61 Å². The maximum atomic E-state index is 11.6. The molecule has 0 aromatic carbocycles. The smallest absolute Gasteiger partial charge is 0.409 e. The van der Waals surface area contributed by atoms with Crippen LogP contribution in [0.2, 0.25) is 0 Å². The van der Waals surface area contributed by atoms with Crippen LogP contribution < -0.4 is 0 Å². The highest BCUT2D eigenvalue weighted by Crippen LogP contribution is 1.96. The molecule has 0 aromatic heterocycles. The van der Waals surface area contributed by atoms with Crippen molar-refractivity contribution in [3.63, 3.8) is 0 Å². The van der Waals surface area contributed by atoms with Crippen LogP contribution in [0.4, 0.5) is 4.79 Å². The van der Waals surface area contributed by atoms with Crippen LogP contribution in [-0.4, -0.2) is 85.9 Å². The van der Waals surface area contributed by atoms with Crippen LogP contribution in [0.1, 0.15) is 6.92 Å². The average Bonchev–Trinajstić information content (AvgIpc) is 2.26. The van der Waals surface area contributed by atoms with Crippen molar-refractivity contribution < 1.29 is 24.5 Å². The molecule has 7 nitrogen and oxygen atoms in total. The van der Waals surface area contributed by atoms with Crippen LogP contribution in [0.15, 0.2) is 0 Å². The van der Waals surface area contributed by atoms with Gasteiger partial charge in [0.05, 0.1) is 13.2 Å². The van der Waals surface area contributed by atoms with Gasteiger partial charge in [0.2, 0.25) is 0 Å². The number of aliphatic hydroxyl groups is 2. The number of nitrogens with zero attached hydrogens (tertiary/aromatic N) is 2. The molecular formula is C11H24N2O5. The summed E-state index contributed by atoms with van der Waals surface area (Å²) in [7, 11) is 3.77. The normalized spacial score (nSPS) is 12.6. The van der Waals surface area contributed by atoms with E-state index in [1.165, 1.54) is 11.8 Å². The van der Waals surface area contributed by atoms with Gasteiger partial charge < -0.3 is 29.5 Å². The first-order valence-corrected chi connectivity index (χ1v) is 5.94. The molecule has 1 amide bonds. The number of ether oxygens (including phenoxy) is 2.